The van der Waals surface area contributed by atoms with E-state index in [0.717, 1.165) is 48.7 Å². The molecule has 6 nitrogen and oxygen atoms in total. The number of rotatable bonds is 9. The van der Waals surface area contributed by atoms with Crippen molar-refractivity contribution in [3.05, 3.63) is 89.1 Å². The lowest BCUT2D eigenvalue weighted by Gasteiger charge is -2.22. The van der Waals surface area contributed by atoms with Crippen LogP contribution in [-0.4, -0.2) is 36.2 Å². The monoisotopic (exact) mass is 459 g/mol. The van der Waals surface area contributed by atoms with Gasteiger partial charge in [-0.1, -0.05) is 42.5 Å². The Labute approximate surface area is 201 Å². The Bertz CT molecular complexity index is 1080. The van der Waals surface area contributed by atoms with Gasteiger partial charge in [0.2, 0.25) is 0 Å². The number of carbonyl (C=O) groups excluding carboxylic acids is 1. The Hall–Kier alpha value is -3.38. The van der Waals surface area contributed by atoms with Crippen LogP contribution in [-0.2, 0) is 17.9 Å². The largest absolute Gasteiger partial charge is 0.489 e. The number of carbonyl (C=O) groups is 1. The summed E-state index contributed by atoms with van der Waals surface area (Å²) in [6.45, 7) is 8.65. The maximum Gasteiger partial charge on any atom is 0.342 e. The number of nitrogens with zero attached hydrogens (tertiary/aromatic N) is 2. The number of aromatic nitrogens is 1. The first-order valence-corrected chi connectivity index (χ1v) is 11.9. The summed E-state index contributed by atoms with van der Waals surface area (Å²) >= 11 is 0. The average molecular weight is 460 g/mol. The minimum absolute atomic E-state index is 0.164. The summed E-state index contributed by atoms with van der Waals surface area (Å²) in [5.41, 5.74) is 3.83. The lowest BCUT2D eigenvalue weighted by atomic mass is 10.1. The zero-order valence-corrected chi connectivity index (χ0v) is 20.2. The lowest BCUT2D eigenvalue weighted by Crippen LogP contribution is -2.33. The van der Waals surface area contributed by atoms with Gasteiger partial charge in [-0.05, 0) is 62.1 Å². The summed E-state index contributed by atoms with van der Waals surface area (Å²) in [6.07, 6.45) is 2.59. The third-order valence-corrected chi connectivity index (χ3v) is 5.94. The molecular formula is C28H33N3O3. The Morgan fingerprint density at radius 3 is 2.59 bits per heavy atom. The highest BCUT2D eigenvalue weighted by Gasteiger charge is 2.28. The average Bonchev–Trinajstić information content (AvgIpc) is 3.31. The second kappa shape index (κ2) is 11.2. The number of pyridine rings is 1. The normalized spacial score (nSPS) is 15.5. The molecule has 0 spiro atoms. The van der Waals surface area contributed by atoms with Crippen LogP contribution in [0.3, 0.4) is 0 Å². The fraction of sp³-hybridized carbons (Fsp3) is 0.357. The molecule has 1 N–H and O–H groups in total. The van der Waals surface area contributed by atoms with E-state index in [1.54, 1.807) is 6.20 Å². The molecule has 178 valence electrons. The molecular weight excluding hydrogens is 426 g/mol. The summed E-state index contributed by atoms with van der Waals surface area (Å²) in [6, 6.07) is 20.6. The van der Waals surface area contributed by atoms with Gasteiger partial charge in [0.15, 0.2) is 0 Å². The highest BCUT2D eigenvalue weighted by atomic mass is 16.5. The SMILES string of the molecule is Cc1ccnc(N2CC[C@@H](NCc3ccc(OCc4ccccc4)cc3)C2)c1C(=O)OC(C)C. The lowest BCUT2D eigenvalue weighted by molar-refractivity contribution is 0.0377. The van der Waals surface area contributed by atoms with Gasteiger partial charge in [-0.15, -0.1) is 0 Å². The van der Waals surface area contributed by atoms with Gasteiger partial charge in [0, 0.05) is 31.9 Å². The number of esters is 1. The van der Waals surface area contributed by atoms with Crippen molar-refractivity contribution >= 4 is 11.8 Å². The van der Waals surface area contributed by atoms with Crippen LogP contribution in [0.2, 0.25) is 0 Å². The fourth-order valence-electron chi connectivity index (χ4n) is 4.13. The van der Waals surface area contributed by atoms with E-state index in [1.165, 1.54) is 5.56 Å². The smallest absolute Gasteiger partial charge is 0.342 e. The van der Waals surface area contributed by atoms with Crippen LogP contribution in [0.1, 0.15) is 47.3 Å². The minimum atomic E-state index is -0.304. The molecule has 1 saturated heterocycles. The molecule has 0 amide bonds. The zero-order valence-electron chi connectivity index (χ0n) is 20.2. The van der Waals surface area contributed by atoms with Gasteiger partial charge < -0.3 is 19.7 Å². The second-order valence-electron chi connectivity index (χ2n) is 9.01. The number of hydrogen-bond acceptors (Lipinski definition) is 6. The molecule has 4 rings (SSSR count). The standard InChI is InChI=1S/C28H33N3O3/c1-20(2)34-28(32)26-21(3)13-15-29-27(26)31-16-14-24(18-31)30-17-22-9-11-25(12-10-22)33-19-23-7-5-4-6-8-23/h4-13,15,20,24,30H,14,16-19H2,1-3H3/t24-/m1/s1. The van der Waals surface area contributed by atoms with Crippen LogP contribution >= 0.6 is 0 Å². The summed E-state index contributed by atoms with van der Waals surface area (Å²) in [7, 11) is 0. The highest BCUT2D eigenvalue weighted by Crippen LogP contribution is 2.26. The van der Waals surface area contributed by atoms with Gasteiger partial charge in [-0.2, -0.15) is 0 Å². The third kappa shape index (κ3) is 6.14. The van der Waals surface area contributed by atoms with Crippen LogP contribution in [0.4, 0.5) is 5.82 Å². The molecule has 2 aromatic carbocycles. The molecule has 0 aliphatic carbocycles. The van der Waals surface area contributed by atoms with Crippen molar-refractivity contribution in [3.8, 4) is 5.75 Å². The predicted octanol–water partition coefficient (Wildman–Crippen LogP) is 4.90. The first kappa shape index (κ1) is 23.8. The molecule has 6 heteroatoms. The molecule has 1 aromatic heterocycles. The number of hydrogen-bond donors (Lipinski definition) is 1. The first-order chi connectivity index (χ1) is 16.5. The number of nitrogens with one attached hydrogen (secondary N) is 1. The number of benzene rings is 2. The van der Waals surface area contributed by atoms with Crippen LogP contribution < -0.4 is 15.0 Å². The quantitative estimate of drug-likeness (QED) is 0.459. The van der Waals surface area contributed by atoms with E-state index in [1.807, 2.05) is 57.2 Å². The Kier molecular flexibility index (Phi) is 7.80. The van der Waals surface area contributed by atoms with E-state index >= 15 is 0 Å². The topological polar surface area (TPSA) is 63.7 Å². The molecule has 0 saturated carbocycles. The highest BCUT2D eigenvalue weighted by molar-refractivity contribution is 5.96. The van der Waals surface area contributed by atoms with E-state index in [9.17, 15) is 4.79 Å². The van der Waals surface area contributed by atoms with Gasteiger partial charge in [-0.3, -0.25) is 0 Å². The Balaban J connectivity index is 1.30. The van der Waals surface area contributed by atoms with E-state index in [2.05, 4.69) is 39.5 Å². The molecule has 0 radical (unpaired) electrons. The van der Waals surface area contributed by atoms with Gasteiger partial charge >= 0.3 is 5.97 Å². The van der Waals surface area contributed by atoms with E-state index < -0.39 is 0 Å². The molecule has 2 heterocycles. The summed E-state index contributed by atoms with van der Waals surface area (Å²) in [5, 5.41) is 3.64. The van der Waals surface area contributed by atoms with Crippen molar-refractivity contribution in [2.24, 2.45) is 0 Å². The first-order valence-electron chi connectivity index (χ1n) is 11.9. The molecule has 0 unspecified atom stereocenters. The predicted molar refractivity (Wildman–Crippen MR) is 134 cm³/mol. The molecule has 34 heavy (non-hydrogen) atoms. The second-order valence-corrected chi connectivity index (χ2v) is 9.01. The third-order valence-electron chi connectivity index (χ3n) is 5.94. The van der Waals surface area contributed by atoms with Crippen LogP contribution in [0.5, 0.6) is 5.75 Å². The van der Waals surface area contributed by atoms with Crippen molar-refractivity contribution in [2.75, 3.05) is 18.0 Å². The van der Waals surface area contributed by atoms with Crippen molar-refractivity contribution in [1.82, 2.24) is 10.3 Å². The summed E-state index contributed by atoms with van der Waals surface area (Å²) < 4.78 is 11.4. The summed E-state index contributed by atoms with van der Waals surface area (Å²) in [4.78, 5) is 19.4. The van der Waals surface area contributed by atoms with E-state index in [-0.39, 0.29) is 12.1 Å². The van der Waals surface area contributed by atoms with Crippen LogP contribution in [0, 0.1) is 6.92 Å². The number of aryl methyl sites for hydroxylation is 1. The van der Waals surface area contributed by atoms with E-state index in [4.69, 9.17) is 9.47 Å². The summed E-state index contributed by atoms with van der Waals surface area (Å²) in [5.74, 6) is 1.28. The van der Waals surface area contributed by atoms with Gasteiger partial charge in [0.1, 0.15) is 23.7 Å². The zero-order chi connectivity index (χ0) is 23.9. The van der Waals surface area contributed by atoms with Crippen LogP contribution in [0.25, 0.3) is 0 Å². The van der Waals surface area contributed by atoms with Gasteiger partial charge in [0.05, 0.1) is 6.10 Å². The number of anilines is 1. The van der Waals surface area contributed by atoms with Crippen molar-refractivity contribution in [1.29, 1.82) is 0 Å². The minimum Gasteiger partial charge on any atom is -0.489 e. The molecule has 1 aliphatic heterocycles. The van der Waals surface area contributed by atoms with Gasteiger partial charge in [-0.25, -0.2) is 9.78 Å². The fourth-order valence-corrected chi connectivity index (χ4v) is 4.13. The van der Waals surface area contributed by atoms with Crippen molar-refractivity contribution in [3.63, 3.8) is 0 Å². The van der Waals surface area contributed by atoms with Crippen molar-refractivity contribution < 1.29 is 14.3 Å². The Morgan fingerprint density at radius 2 is 1.85 bits per heavy atom. The van der Waals surface area contributed by atoms with Crippen LogP contribution in [0.15, 0.2) is 66.9 Å². The number of ether oxygens (including phenoxy) is 2. The maximum atomic E-state index is 12.7. The molecule has 1 fully saturated rings. The Morgan fingerprint density at radius 1 is 1.09 bits per heavy atom. The molecule has 1 aliphatic rings. The van der Waals surface area contributed by atoms with E-state index in [0.29, 0.717) is 18.2 Å². The molecule has 3 aromatic rings. The van der Waals surface area contributed by atoms with Gasteiger partial charge in [0.25, 0.3) is 0 Å². The molecule has 0 bridgehead atoms. The molecule has 1 atom stereocenters. The van der Waals surface area contributed by atoms with Crippen molar-refractivity contribution in [2.45, 2.75) is 52.5 Å². The maximum absolute atomic E-state index is 12.7.